The molecular formula is C21H18N2O3S. The van der Waals surface area contributed by atoms with Gasteiger partial charge in [0.2, 0.25) is 0 Å². The van der Waals surface area contributed by atoms with E-state index in [9.17, 15) is 4.79 Å². The van der Waals surface area contributed by atoms with E-state index >= 15 is 0 Å². The highest BCUT2D eigenvalue weighted by molar-refractivity contribution is 7.21. The minimum atomic E-state index is -0.603. The minimum Gasteiger partial charge on any atom is -0.481 e. The lowest BCUT2D eigenvalue weighted by molar-refractivity contribution is -0.127. The highest BCUT2D eigenvalue weighted by Gasteiger charge is 2.15. The fourth-order valence-corrected chi connectivity index (χ4v) is 3.63. The Hall–Kier alpha value is -3.12. The van der Waals surface area contributed by atoms with Gasteiger partial charge in [-0.2, -0.15) is 0 Å². The molecule has 0 aliphatic carbocycles. The number of para-hydroxylation sites is 1. The lowest BCUT2D eigenvalue weighted by Gasteiger charge is -2.14. The van der Waals surface area contributed by atoms with Crippen molar-refractivity contribution in [1.29, 1.82) is 0 Å². The number of furan rings is 1. The van der Waals surface area contributed by atoms with E-state index in [2.05, 4.69) is 16.4 Å². The molecule has 0 saturated carbocycles. The van der Waals surface area contributed by atoms with Crippen molar-refractivity contribution in [2.75, 3.05) is 0 Å². The average Bonchev–Trinajstić information content (AvgIpc) is 3.36. The molecule has 136 valence electrons. The number of nitrogens with one attached hydrogen (secondary N) is 1. The van der Waals surface area contributed by atoms with Crippen LogP contribution in [0.2, 0.25) is 0 Å². The third kappa shape index (κ3) is 4.01. The molecule has 27 heavy (non-hydrogen) atoms. The highest BCUT2D eigenvalue weighted by atomic mass is 32.1. The number of carbonyl (C=O) groups excluding carboxylic acids is 1. The van der Waals surface area contributed by atoms with Crippen LogP contribution in [0.4, 0.5) is 0 Å². The van der Waals surface area contributed by atoms with Crippen LogP contribution < -0.4 is 10.1 Å². The van der Waals surface area contributed by atoms with Crippen molar-refractivity contribution in [1.82, 2.24) is 10.3 Å². The Balaban J connectivity index is 1.39. The zero-order valence-corrected chi connectivity index (χ0v) is 15.5. The van der Waals surface area contributed by atoms with Gasteiger partial charge in [0, 0.05) is 5.56 Å². The van der Waals surface area contributed by atoms with Crippen LogP contribution in [-0.2, 0) is 11.3 Å². The van der Waals surface area contributed by atoms with Gasteiger partial charge in [-0.15, -0.1) is 11.3 Å². The lowest BCUT2D eigenvalue weighted by Crippen LogP contribution is -2.35. The van der Waals surface area contributed by atoms with Gasteiger partial charge >= 0.3 is 0 Å². The Morgan fingerprint density at radius 2 is 1.96 bits per heavy atom. The predicted octanol–water partition coefficient (Wildman–Crippen LogP) is 4.64. The summed E-state index contributed by atoms with van der Waals surface area (Å²) in [5.74, 6) is 1.15. The molecule has 4 aromatic rings. The molecule has 5 nitrogen and oxygen atoms in total. The number of hydrogen-bond donors (Lipinski definition) is 1. The molecule has 1 N–H and O–H groups in total. The Morgan fingerprint density at radius 3 is 2.70 bits per heavy atom. The Labute approximate surface area is 160 Å². The number of ether oxygens (including phenoxy) is 1. The number of aromatic nitrogens is 1. The molecule has 2 aromatic carbocycles. The number of rotatable bonds is 6. The molecule has 0 aliphatic heterocycles. The smallest absolute Gasteiger partial charge is 0.261 e. The molecular weight excluding hydrogens is 360 g/mol. The quantitative estimate of drug-likeness (QED) is 0.531. The molecule has 0 saturated heterocycles. The molecule has 4 rings (SSSR count). The van der Waals surface area contributed by atoms with Crippen molar-refractivity contribution < 1.29 is 13.9 Å². The summed E-state index contributed by atoms with van der Waals surface area (Å²) < 4.78 is 12.1. The van der Waals surface area contributed by atoms with Crippen LogP contribution in [0, 0.1) is 0 Å². The van der Waals surface area contributed by atoms with Crippen LogP contribution in [0.15, 0.2) is 71.3 Å². The summed E-state index contributed by atoms with van der Waals surface area (Å²) in [7, 11) is 0. The molecule has 2 aromatic heterocycles. The Kier molecular flexibility index (Phi) is 4.89. The SMILES string of the molecule is C[C@@H](Oc1ccc(-c2nc3ccccc3s2)cc1)C(=O)NCc1ccco1. The number of fused-ring (bicyclic) bond motifs is 1. The van der Waals surface area contributed by atoms with Gasteiger partial charge in [-0.1, -0.05) is 12.1 Å². The zero-order valence-electron chi connectivity index (χ0n) is 14.7. The normalized spacial score (nSPS) is 12.0. The summed E-state index contributed by atoms with van der Waals surface area (Å²) in [6.45, 7) is 2.06. The Morgan fingerprint density at radius 1 is 1.15 bits per heavy atom. The van der Waals surface area contributed by atoms with E-state index in [1.165, 1.54) is 0 Å². The topological polar surface area (TPSA) is 64.4 Å². The van der Waals surface area contributed by atoms with Crippen molar-refractivity contribution in [3.05, 3.63) is 72.7 Å². The minimum absolute atomic E-state index is 0.193. The number of thiazole rings is 1. The second-order valence-corrected chi connectivity index (χ2v) is 7.10. The molecule has 0 spiro atoms. The summed E-state index contributed by atoms with van der Waals surface area (Å²) in [5.41, 5.74) is 2.03. The third-order valence-corrected chi connectivity index (χ3v) is 5.18. The van der Waals surface area contributed by atoms with Gasteiger partial charge in [0.1, 0.15) is 16.5 Å². The maximum atomic E-state index is 12.1. The van der Waals surface area contributed by atoms with Gasteiger partial charge in [0.05, 0.1) is 23.0 Å². The van der Waals surface area contributed by atoms with E-state index in [-0.39, 0.29) is 5.91 Å². The van der Waals surface area contributed by atoms with E-state index in [4.69, 9.17) is 9.15 Å². The summed E-state index contributed by atoms with van der Waals surface area (Å²) in [4.78, 5) is 16.8. The van der Waals surface area contributed by atoms with Crippen LogP contribution in [-0.4, -0.2) is 17.0 Å². The first-order valence-corrected chi connectivity index (χ1v) is 9.43. The predicted molar refractivity (Wildman–Crippen MR) is 106 cm³/mol. The van der Waals surface area contributed by atoms with Crippen molar-refractivity contribution in [2.24, 2.45) is 0 Å². The van der Waals surface area contributed by atoms with Crippen LogP contribution in [0.25, 0.3) is 20.8 Å². The van der Waals surface area contributed by atoms with Crippen LogP contribution in [0.5, 0.6) is 5.75 Å². The van der Waals surface area contributed by atoms with E-state index in [1.807, 2.05) is 48.5 Å². The molecule has 1 atom stereocenters. The Bertz CT molecular complexity index is 1010. The second-order valence-electron chi connectivity index (χ2n) is 6.07. The van der Waals surface area contributed by atoms with Crippen molar-refractivity contribution in [3.63, 3.8) is 0 Å². The molecule has 6 heteroatoms. The fraction of sp³-hybridized carbons (Fsp3) is 0.143. The molecule has 0 fully saturated rings. The van der Waals surface area contributed by atoms with Gasteiger partial charge in [0.25, 0.3) is 5.91 Å². The first-order valence-electron chi connectivity index (χ1n) is 8.62. The summed E-state index contributed by atoms with van der Waals surface area (Å²) >= 11 is 1.66. The molecule has 0 aliphatic rings. The van der Waals surface area contributed by atoms with E-state index in [0.29, 0.717) is 18.1 Å². The van der Waals surface area contributed by atoms with Gasteiger partial charge in [-0.25, -0.2) is 4.98 Å². The number of benzene rings is 2. The maximum absolute atomic E-state index is 12.1. The first-order chi connectivity index (χ1) is 13.2. The number of amides is 1. The molecule has 0 unspecified atom stereocenters. The summed E-state index contributed by atoms with van der Waals surface area (Å²) in [6.07, 6.45) is 0.974. The monoisotopic (exact) mass is 378 g/mol. The standard InChI is InChI=1S/C21H18N2O3S/c1-14(20(24)22-13-17-5-4-12-25-17)26-16-10-8-15(9-11-16)21-23-18-6-2-3-7-19(18)27-21/h2-12,14H,13H2,1H3,(H,22,24)/t14-/m1/s1. The van der Waals surface area contributed by atoms with Gasteiger partial charge in [0.15, 0.2) is 6.10 Å². The fourth-order valence-electron chi connectivity index (χ4n) is 2.66. The van der Waals surface area contributed by atoms with Crippen LogP contribution in [0.1, 0.15) is 12.7 Å². The van der Waals surface area contributed by atoms with Crippen molar-refractivity contribution in [3.8, 4) is 16.3 Å². The highest BCUT2D eigenvalue weighted by Crippen LogP contribution is 2.31. The number of nitrogens with zero attached hydrogens (tertiary/aromatic N) is 1. The van der Waals surface area contributed by atoms with Crippen LogP contribution in [0.3, 0.4) is 0 Å². The number of carbonyl (C=O) groups is 1. The molecule has 0 radical (unpaired) electrons. The summed E-state index contributed by atoms with van der Waals surface area (Å²) in [5, 5.41) is 3.76. The second kappa shape index (κ2) is 7.63. The van der Waals surface area contributed by atoms with Crippen LogP contribution >= 0.6 is 11.3 Å². The van der Waals surface area contributed by atoms with Gasteiger partial charge < -0.3 is 14.5 Å². The van der Waals surface area contributed by atoms with E-state index < -0.39 is 6.10 Å². The van der Waals surface area contributed by atoms with Gasteiger partial charge in [-0.05, 0) is 55.5 Å². The summed E-state index contributed by atoms with van der Waals surface area (Å²) in [6, 6.07) is 19.3. The lowest BCUT2D eigenvalue weighted by atomic mass is 10.2. The van der Waals surface area contributed by atoms with E-state index in [0.717, 1.165) is 20.8 Å². The average molecular weight is 378 g/mol. The molecule has 1 amide bonds. The third-order valence-electron chi connectivity index (χ3n) is 4.09. The molecule has 0 bridgehead atoms. The maximum Gasteiger partial charge on any atom is 0.261 e. The van der Waals surface area contributed by atoms with Crippen molar-refractivity contribution in [2.45, 2.75) is 19.6 Å². The number of hydrogen-bond acceptors (Lipinski definition) is 5. The van der Waals surface area contributed by atoms with Gasteiger partial charge in [-0.3, -0.25) is 4.79 Å². The first kappa shape index (κ1) is 17.3. The molecule has 2 heterocycles. The van der Waals surface area contributed by atoms with Crippen molar-refractivity contribution >= 4 is 27.5 Å². The largest absolute Gasteiger partial charge is 0.481 e. The van der Waals surface area contributed by atoms with E-state index in [1.54, 1.807) is 30.6 Å². The zero-order chi connectivity index (χ0) is 18.6.